The number of carbonyl (C=O) groups excluding carboxylic acids is 1. The third-order valence-corrected chi connectivity index (χ3v) is 5.20. The monoisotopic (exact) mass is 371 g/mol. The summed E-state index contributed by atoms with van der Waals surface area (Å²) in [6.45, 7) is 2.04. The first kappa shape index (κ1) is 19.9. The average molecular weight is 372 g/mol. The van der Waals surface area contributed by atoms with Crippen LogP contribution in [-0.2, 0) is 9.63 Å². The van der Waals surface area contributed by atoms with Crippen molar-refractivity contribution in [3.8, 4) is 0 Å². The molecule has 0 heterocycles. The number of carbonyl (C=O) groups is 1. The molecule has 0 bridgehead atoms. The van der Waals surface area contributed by atoms with E-state index in [0.29, 0.717) is 37.8 Å². The quantitative estimate of drug-likeness (QED) is 0.379. The van der Waals surface area contributed by atoms with Crippen LogP contribution in [0.4, 0.5) is 0 Å². The fourth-order valence-electron chi connectivity index (χ4n) is 3.66. The SMILES string of the molecule is CC/C(=N\OC/C=C/Cl)C1=C(O)CC(C2CCC(O)C(O)C2)CC1=O. The van der Waals surface area contributed by atoms with Crippen molar-refractivity contribution in [1.82, 2.24) is 0 Å². The molecule has 2 rings (SSSR count). The molecule has 0 amide bonds. The van der Waals surface area contributed by atoms with E-state index in [9.17, 15) is 20.1 Å². The van der Waals surface area contributed by atoms with Gasteiger partial charge in [-0.3, -0.25) is 4.79 Å². The molecule has 2 aliphatic rings. The second-order valence-electron chi connectivity index (χ2n) is 6.67. The molecule has 6 nitrogen and oxygen atoms in total. The fraction of sp³-hybridized carbons (Fsp3) is 0.667. The van der Waals surface area contributed by atoms with Gasteiger partial charge in [0.1, 0.15) is 12.4 Å². The molecule has 4 atom stereocenters. The van der Waals surface area contributed by atoms with Crippen molar-refractivity contribution < 1.29 is 25.0 Å². The third kappa shape index (κ3) is 5.06. The van der Waals surface area contributed by atoms with Crippen LogP contribution in [0.3, 0.4) is 0 Å². The maximum Gasteiger partial charge on any atom is 0.168 e. The lowest BCUT2D eigenvalue weighted by Gasteiger charge is -2.36. The Morgan fingerprint density at radius 3 is 2.64 bits per heavy atom. The second-order valence-corrected chi connectivity index (χ2v) is 6.92. The van der Waals surface area contributed by atoms with E-state index in [1.165, 1.54) is 5.54 Å². The molecule has 0 aromatic rings. The zero-order valence-corrected chi connectivity index (χ0v) is 15.2. The minimum absolute atomic E-state index is 0.0170. The highest BCUT2D eigenvalue weighted by atomic mass is 35.5. The van der Waals surface area contributed by atoms with Gasteiger partial charge in [0.05, 0.1) is 23.5 Å². The first-order chi connectivity index (χ1) is 12.0. The lowest BCUT2D eigenvalue weighted by molar-refractivity contribution is -0.118. The van der Waals surface area contributed by atoms with Crippen molar-refractivity contribution in [3.05, 3.63) is 22.9 Å². The van der Waals surface area contributed by atoms with Gasteiger partial charge < -0.3 is 20.2 Å². The van der Waals surface area contributed by atoms with Crippen molar-refractivity contribution >= 4 is 23.1 Å². The molecule has 1 fully saturated rings. The van der Waals surface area contributed by atoms with E-state index in [0.717, 1.165) is 6.42 Å². The molecule has 7 heteroatoms. The van der Waals surface area contributed by atoms with Gasteiger partial charge >= 0.3 is 0 Å². The van der Waals surface area contributed by atoms with E-state index >= 15 is 0 Å². The zero-order valence-electron chi connectivity index (χ0n) is 14.4. The van der Waals surface area contributed by atoms with Crippen LogP contribution in [0, 0.1) is 11.8 Å². The summed E-state index contributed by atoms with van der Waals surface area (Å²) in [7, 11) is 0. The Morgan fingerprint density at radius 2 is 2.04 bits per heavy atom. The molecular formula is C18H26ClNO5. The highest BCUT2D eigenvalue weighted by Crippen LogP contribution is 2.39. The van der Waals surface area contributed by atoms with Gasteiger partial charge in [0.15, 0.2) is 5.78 Å². The lowest BCUT2D eigenvalue weighted by atomic mass is 9.71. The summed E-state index contributed by atoms with van der Waals surface area (Å²) < 4.78 is 0. The molecule has 0 aliphatic heterocycles. The molecular weight excluding hydrogens is 346 g/mol. The summed E-state index contributed by atoms with van der Waals surface area (Å²) in [4.78, 5) is 17.7. The number of halogens is 1. The van der Waals surface area contributed by atoms with E-state index in [-0.39, 0.29) is 35.6 Å². The van der Waals surface area contributed by atoms with Crippen molar-refractivity contribution in [1.29, 1.82) is 0 Å². The molecule has 2 aliphatic carbocycles. The van der Waals surface area contributed by atoms with Crippen LogP contribution in [0.5, 0.6) is 0 Å². The number of hydrogen-bond donors (Lipinski definition) is 3. The predicted molar refractivity (Wildman–Crippen MR) is 95.4 cm³/mol. The first-order valence-corrected chi connectivity index (χ1v) is 9.17. The van der Waals surface area contributed by atoms with Gasteiger partial charge in [0, 0.05) is 18.4 Å². The van der Waals surface area contributed by atoms with Crippen LogP contribution in [0.2, 0.25) is 0 Å². The predicted octanol–water partition coefficient (Wildman–Crippen LogP) is 2.83. The van der Waals surface area contributed by atoms with Crippen LogP contribution >= 0.6 is 11.6 Å². The topological polar surface area (TPSA) is 99.3 Å². The van der Waals surface area contributed by atoms with E-state index in [2.05, 4.69) is 5.16 Å². The average Bonchev–Trinajstić information content (AvgIpc) is 2.58. The number of oxime groups is 1. The van der Waals surface area contributed by atoms with E-state index in [1.807, 2.05) is 6.92 Å². The van der Waals surface area contributed by atoms with Gasteiger partial charge in [-0.2, -0.15) is 0 Å². The van der Waals surface area contributed by atoms with Crippen molar-refractivity contribution in [2.45, 2.75) is 57.7 Å². The summed E-state index contributed by atoms with van der Waals surface area (Å²) in [5.41, 5.74) is 2.01. The van der Waals surface area contributed by atoms with Gasteiger partial charge in [0.25, 0.3) is 0 Å². The largest absolute Gasteiger partial charge is 0.511 e. The van der Waals surface area contributed by atoms with Crippen molar-refractivity contribution in [2.75, 3.05) is 6.61 Å². The molecule has 4 unspecified atom stereocenters. The fourth-order valence-corrected chi connectivity index (χ4v) is 3.73. The van der Waals surface area contributed by atoms with Gasteiger partial charge in [-0.05, 0) is 43.6 Å². The van der Waals surface area contributed by atoms with Gasteiger partial charge in [-0.1, -0.05) is 23.7 Å². The summed E-state index contributed by atoms with van der Waals surface area (Å²) in [5.74, 6) is 0.000161. The van der Waals surface area contributed by atoms with Crippen LogP contribution in [0.1, 0.15) is 45.4 Å². The zero-order chi connectivity index (χ0) is 18.4. The number of nitrogens with zero attached hydrogens (tertiary/aromatic N) is 1. The number of aliphatic hydroxyl groups excluding tert-OH is 3. The Bertz CT molecular complexity index is 572. The van der Waals surface area contributed by atoms with Crippen molar-refractivity contribution in [3.63, 3.8) is 0 Å². The molecule has 140 valence electrons. The molecule has 0 aromatic heterocycles. The molecule has 0 aromatic carbocycles. The second kappa shape index (κ2) is 9.36. The Morgan fingerprint density at radius 1 is 1.28 bits per heavy atom. The first-order valence-electron chi connectivity index (χ1n) is 8.73. The highest BCUT2D eigenvalue weighted by Gasteiger charge is 2.38. The van der Waals surface area contributed by atoms with Crippen LogP contribution < -0.4 is 0 Å². The Labute approximate surface area is 152 Å². The smallest absolute Gasteiger partial charge is 0.168 e. The van der Waals surface area contributed by atoms with Gasteiger partial charge in [0.2, 0.25) is 0 Å². The molecule has 0 radical (unpaired) electrons. The molecule has 3 N–H and O–H groups in total. The number of hydrogen-bond acceptors (Lipinski definition) is 6. The summed E-state index contributed by atoms with van der Waals surface area (Å²) >= 11 is 5.41. The Balaban J connectivity index is 2.09. The van der Waals surface area contributed by atoms with Crippen LogP contribution in [-0.4, -0.2) is 45.6 Å². The Kier molecular flexibility index (Phi) is 7.47. The van der Waals surface area contributed by atoms with Crippen LogP contribution in [0.15, 0.2) is 28.1 Å². The molecule has 0 spiro atoms. The third-order valence-electron chi connectivity index (χ3n) is 5.02. The number of ketones is 1. The Hall–Kier alpha value is -1.37. The van der Waals surface area contributed by atoms with Gasteiger partial charge in [-0.15, -0.1) is 0 Å². The van der Waals surface area contributed by atoms with Crippen LogP contribution in [0.25, 0.3) is 0 Å². The van der Waals surface area contributed by atoms with Crippen molar-refractivity contribution in [2.24, 2.45) is 17.0 Å². The van der Waals surface area contributed by atoms with E-state index < -0.39 is 12.2 Å². The number of aliphatic hydroxyl groups is 3. The number of allylic oxidation sites excluding steroid dienone is 2. The molecule has 1 saturated carbocycles. The maximum atomic E-state index is 12.6. The van der Waals surface area contributed by atoms with E-state index in [1.54, 1.807) is 6.08 Å². The summed E-state index contributed by atoms with van der Waals surface area (Å²) in [5, 5.41) is 33.9. The minimum atomic E-state index is -0.752. The normalized spacial score (nSPS) is 31.7. The van der Waals surface area contributed by atoms with E-state index in [4.69, 9.17) is 16.4 Å². The molecule has 0 saturated heterocycles. The standard InChI is InChI=1S/C18H26ClNO5/c1-2-13(20-25-7-3-6-19)18-16(23)9-12(10-17(18)24)11-4-5-14(21)15(22)8-11/h3,6,11-12,14-15,21-23H,2,4-5,7-10H2,1H3/b6-3+,20-13+. The highest BCUT2D eigenvalue weighted by molar-refractivity contribution is 6.25. The lowest BCUT2D eigenvalue weighted by Crippen LogP contribution is -2.38. The minimum Gasteiger partial charge on any atom is -0.511 e. The summed E-state index contributed by atoms with van der Waals surface area (Å²) in [6, 6.07) is 0. The van der Waals surface area contributed by atoms with Gasteiger partial charge in [-0.25, -0.2) is 0 Å². The summed E-state index contributed by atoms with van der Waals surface area (Å²) in [6.07, 6.45) is 3.04. The number of rotatable bonds is 6. The maximum absolute atomic E-state index is 12.6. The number of Topliss-reactive ketones (excluding diaryl/α,β-unsaturated/α-hetero) is 1. The molecule has 25 heavy (non-hydrogen) atoms.